The fraction of sp³-hybridized carbons (Fsp3) is 0.714. The zero-order valence-corrected chi connectivity index (χ0v) is 18.5. The van der Waals surface area contributed by atoms with E-state index in [2.05, 4.69) is 13.4 Å². The van der Waals surface area contributed by atoms with E-state index in [1.807, 2.05) is 4.98 Å². The molecule has 2 aliphatic rings. The third-order valence-corrected chi connectivity index (χ3v) is 7.32. The van der Waals surface area contributed by atoms with Crippen LogP contribution in [0, 0.1) is 0 Å². The third kappa shape index (κ3) is 6.07. The molecule has 2 aliphatic heterocycles. The summed E-state index contributed by atoms with van der Waals surface area (Å²) in [6, 6.07) is 0.923. The van der Waals surface area contributed by atoms with E-state index in [9.17, 15) is 48.9 Å². The van der Waals surface area contributed by atoms with E-state index >= 15 is 0 Å². The average Bonchev–Trinajstić information content (AvgIpc) is 3.16. The molecule has 0 bridgehead atoms. The number of aliphatic hydroxyl groups is 5. The van der Waals surface area contributed by atoms with Crippen molar-refractivity contribution < 1.29 is 67.3 Å². The molecule has 0 amide bonds. The summed E-state index contributed by atoms with van der Waals surface area (Å²) in [6.45, 7) is -1.89. The molecule has 10 atom stereocenters. The molecular weight excluding hydrogens is 514 g/mol. The zero-order valence-electron chi connectivity index (χ0n) is 16.8. The van der Waals surface area contributed by atoms with Crippen LogP contribution >= 0.6 is 15.6 Å². The van der Waals surface area contributed by atoms with Crippen molar-refractivity contribution in [1.29, 1.82) is 0 Å². The lowest BCUT2D eigenvalue weighted by molar-refractivity contribution is -0.259. The predicted octanol–water partition coefficient (Wildman–Crippen LogP) is -5.42. The van der Waals surface area contributed by atoms with Crippen molar-refractivity contribution in [2.45, 2.75) is 49.1 Å². The minimum absolute atomic E-state index is 0.712. The number of nitrogens with zero attached hydrogens (tertiary/aromatic N) is 1. The highest BCUT2D eigenvalue weighted by molar-refractivity contribution is 7.59. The van der Waals surface area contributed by atoms with E-state index < -0.39 is 89.2 Å². The SMILES string of the molecule is O=c1ccn([C@@H]2O[C@H](COP(=O)([O-])OP(=O)([O-])O[C@H]3O[C@@H](CO)[C@H](O)[C@H]3O)[C@@H](O)[C@H]2O)c(=O)[nH]1. The molecular formula is C14H20N2O16P2-2. The van der Waals surface area contributed by atoms with Crippen LogP contribution in [0.1, 0.15) is 6.23 Å². The van der Waals surface area contributed by atoms with Crippen molar-refractivity contribution in [2.75, 3.05) is 13.2 Å². The molecule has 0 radical (unpaired) electrons. The number of nitrogens with one attached hydrogen (secondary N) is 1. The van der Waals surface area contributed by atoms with Gasteiger partial charge in [0.15, 0.2) is 12.5 Å². The Morgan fingerprint density at radius 1 is 1.00 bits per heavy atom. The van der Waals surface area contributed by atoms with Gasteiger partial charge in [0.1, 0.15) is 36.6 Å². The molecule has 2 unspecified atom stereocenters. The van der Waals surface area contributed by atoms with Gasteiger partial charge in [0.2, 0.25) is 0 Å². The van der Waals surface area contributed by atoms with Gasteiger partial charge in [0, 0.05) is 12.3 Å². The molecule has 1 aromatic rings. The van der Waals surface area contributed by atoms with E-state index in [0.29, 0.717) is 4.57 Å². The van der Waals surface area contributed by atoms with Crippen molar-refractivity contribution in [1.82, 2.24) is 9.55 Å². The number of aliphatic hydroxyl groups excluding tert-OH is 5. The highest BCUT2D eigenvalue weighted by Gasteiger charge is 2.46. The number of H-pyrrole nitrogens is 1. The van der Waals surface area contributed by atoms with Crippen LogP contribution < -0.4 is 21.0 Å². The molecule has 18 nitrogen and oxygen atoms in total. The zero-order chi connectivity index (χ0) is 25.4. The second kappa shape index (κ2) is 10.3. The summed E-state index contributed by atoms with van der Waals surface area (Å²) < 4.78 is 46.9. The van der Waals surface area contributed by atoms with Gasteiger partial charge in [-0.3, -0.25) is 28.0 Å². The molecule has 2 saturated heterocycles. The molecule has 0 saturated carbocycles. The van der Waals surface area contributed by atoms with Gasteiger partial charge in [-0.2, -0.15) is 0 Å². The van der Waals surface area contributed by atoms with E-state index in [1.54, 1.807) is 0 Å². The monoisotopic (exact) mass is 534 g/mol. The van der Waals surface area contributed by atoms with Gasteiger partial charge < -0.3 is 49.3 Å². The molecule has 0 aliphatic carbocycles. The summed E-state index contributed by atoms with van der Waals surface area (Å²) in [6.07, 6.45) is -13.0. The number of ether oxygens (including phenoxy) is 2. The normalized spacial score (nSPS) is 37.4. The molecule has 1 aromatic heterocycles. The first-order chi connectivity index (χ1) is 15.7. The Balaban J connectivity index is 1.60. The van der Waals surface area contributed by atoms with Crippen LogP contribution in [0.2, 0.25) is 0 Å². The van der Waals surface area contributed by atoms with Gasteiger partial charge in [0.05, 0.1) is 13.2 Å². The van der Waals surface area contributed by atoms with Crippen molar-refractivity contribution >= 4 is 15.6 Å². The number of aromatic amines is 1. The number of hydrogen-bond donors (Lipinski definition) is 6. The Morgan fingerprint density at radius 2 is 1.65 bits per heavy atom. The van der Waals surface area contributed by atoms with Gasteiger partial charge >= 0.3 is 5.69 Å². The molecule has 0 aromatic carbocycles. The maximum atomic E-state index is 11.9. The van der Waals surface area contributed by atoms with Crippen LogP contribution in [0.15, 0.2) is 21.9 Å². The van der Waals surface area contributed by atoms with Crippen molar-refractivity contribution in [3.63, 3.8) is 0 Å². The van der Waals surface area contributed by atoms with Crippen molar-refractivity contribution in [2.24, 2.45) is 0 Å². The van der Waals surface area contributed by atoms with Gasteiger partial charge in [0.25, 0.3) is 21.2 Å². The number of rotatable bonds is 9. The van der Waals surface area contributed by atoms with Crippen LogP contribution in [0.25, 0.3) is 0 Å². The summed E-state index contributed by atoms with van der Waals surface area (Å²) in [4.78, 5) is 48.7. The van der Waals surface area contributed by atoms with Crippen LogP contribution in [-0.2, 0) is 32.0 Å². The molecule has 34 heavy (non-hydrogen) atoms. The largest absolute Gasteiger partial charge is 0.756 e. The Morgan fingerprint density at radius 3 is 2.24 bits per heavy atom. The van der Waals surface area contributed by atoms with Gasteiger partial charge in [-0.25, -0.2) is 9.11 Å². The molecule has 6 N–H and O–H groups in total. The Labute approximate surface area is 188 Å². The summed E-state index contributed by atoms with van der Waals surface area (Å²) in [5.74, 6) is 0. The topological polar surface area (TPSA) is 282 Å². The highest BCUT2D eigenvalue weighted by atomic mass is 31.3. The highest BCUT2D eigenvalue weighted by Crippen LogP contribution is 2.57. The van der Waals surface area contributed by atoms with Crippen molar-refractivity contribution in [3.05, 3.63) is 33.1 Å². The fourth-order valence-electron chi connectivity index (χ4n) is 3.13. The molecule has 0 spiro atoms. The van der Waals surface area contributed by atoms with E-state index in [-0.39, 0.29) is 0 Å². The number of hydrogen-bond acceptors (Lipinski definition) is 16. The summed E-state index contributed by atoms with van der Waals surface area (Å²) >= 11 is 0. The standard InChI is InChI=1S/C14H22N2O16P2/c17-3-5-8(19)11(22)13(30-5)31-34(26,27)32-33(24,25)28-4-6-9(20)10(21)12(29-6)16-2-1-7(18)15-14(16)23/h1-2,5-6,8-13,17,19-22H,3-4H2,(H,24,25)(H,26,27)(H,15,18,23)/p-2/t5-,6+,8-,9+,10+,11+,12+,13+/m0/s1. The molecule has 20 heteroatoms. The minimum atomic E-state index is -5.78. The number of phosphoric ester groups is 2. The second-order valence-electron chi connectivity index (χ2n) is 7.15. The third-order valence-electron chi connectivity index (χ3n) is 4.79. The van der Waals surface area contributed by atoms with E-state index in [4.69, 9.17) is 14.6 Å². The van der Waals surface area contributed by atoms with E-state index in [0.717, 1.165) is 12.3 Å². The Kier molecular flexibility index (Phi) is 8.28. The van der Waals surface area contributed by atoms with Gasteiger partial charge in [-0.05, 0) is 0 Å². The molecule has 2 fully saturated rings. The minimum Gasteiger partial charge on any atom is -0.756 e. The lowest BCUT2D eigenvalue weighted by atomic mass is 10.1. The average molecular weight is 534 g/mol. The molecule has 3 rings (SSSR count). The van der Waals surface area contributed by atoms with E-state index in [1.165, 1.54) is 0 Å². The Hall–Kier alpha value is -1.34. The maximum absolute atomic E-state index is 11.9. The fourth-order valence-corrected chi connectivity index (χ4v) is 5.21. The summed E-state index contributed by atoms with van der Waals surface area (Å²) in [5, 5.41) is 48.3. The second-order valence-corrected chi connectivity index (χ2v) is 10.1. The number of phosphoric acid groups is 2. The smallest absolute Gasteiger partial charge is 0.330 e. The summed E-state index contributed by atoms with van der Waals surface area (Å²) in [7, 11) is -11.5. The van der Waals surface area contributed by atoms with Crippen molar-refractivity contribution in [3.8, 4) is 0 Å². The Bertz CT molecular complexity index is 1080. The van der Waals surface area contributed by atoms with Crippen LogP contribution in [0.5, 0.6) is 0 Å². The van der Waals surface area contributed by atoms with Crippen LogP contribution in [0.3, 0.4) is 0 Å². The summed E-state index contributed by atoms with van der Waals surface area (Å²) in [5.41, 5.74) is -1.75. The van der Waals surface area contributed by atoms with Gasteiger partial charge in [-0.1, -0.05) is 0 Å². The first-order valence-electron chi connectivity index (χ1n) is 9.36. The first kappa shape index (κ1) is 27.3. The maximum Gasteiger partial charge on any atom is 0.330 e. The molecule has 3 heterocycles. The quantitative estimate of drug-likeness (QED) is 0.161. The number of aromatic nitrogens is 2. The van der Waals surface area contributed by atoms with Crippen LogP contribution in [-0.4, -0.2) is 91.2 Å². The van der Waals surface area contributed by atoms with Crippen LogP contribution in [0.4, 0.5) is 0 Å². The molecule has 194 valence electrons. The predicted molar refractivity (Wildman–Crippen MR) is 98.3 cm³/mol. The lowest BCUT2D eigenvalue weighted by Crippen LogP contribution is -2.37. The lowest BCUT2D eigenvalue weighted by Gasteiger charge is -2.33. The van der Waals surface area contributed by atoms with Gasteiger partial charge in [-0.15, -0.1) is 0 Å². The first-order valence-corrected chi connectivity index (χ1v) is 12.3.